The molecule has 20 heavy (non-hydrogen) atoms. The molecule has 0 aliphatic carbocycles. The lowest BCUT2D eigenvalue weighted by molar-refractivity contribution is 0.304. The van der Waals surface area contributed by atoms with Crippen molar-refractivity contribution in [3.8, 4) is 5.75 Å². The maximum Gasteiger partial charge on any atom is 0.131 e. The molecule has 0 fully saturated rings. The lowest BCUT2D eigenvalue weighted by atomic mass is 10.1. The fourth-order valence-electron chi connectivity index (χ4n) is 1.85. The number of nitrogens with one attached hydrogen (secondary N) is 1. The van der Waals surface area contributed by atoms with Gasteiger partial charge in [0.05, 0.1) is 0 Å². The van der Waals surface area contributed by atoms with E-state index in [0.29, 0.717) is 17.9 Å². The number of benzene rings is 2. The highest BCUT2D eigenvalue weighted by molar-refractivity contribution is 14.1. The molecular formula is C16H17FINO. The molecule has 2 aromatic carbocycles. The van der Waals surface area contributed by atoms with Gasteiger partial charge in [0.25, 0.3) is 0 Å². The molecular weight excluding hydrogens is 368 g/mol. The number of rotatable bonds is 5. The lowest BCUT2D eigenvalue weighted by Crippen LogP contribution is -2.13. The Labute approximate surface area is 132 Å². The third-order valence-electron chi connectivity index (χ3n) is 3.19. The van der Waals surface area contributed by atoms with Crippen molar-refractivity contribution in [3.05, 3.63) is 63.0 Å². The second-order valence-corrected chi connectivity index (χ2v) is 5.85. The van der Waals surface area contributed by atoms with Gasteiger partial charge in [-0.3, -0.25) is 0 Å². The molecule has 2 rings (SSSR count). The summed E-state index contributed by atoms with van der Waals surface area (Å²) in [6.45, 7) is 2.36. The van der Waals surface area contributed by atoms with E-state index in [4.69, 9.17) is 4.74 Å². The molecule has 0 aliphatic rings. The summed E-state index contributed by atoms with van der Waals surface area (Å²) in [4.78, 5) is 0. The predicted octanol–water partition coefficient (Wildman–Crippen LogP) is 4.29. The molecule has 4 heteroatoms. The maximum absolute atomic E-state index is 13.9. The normalized spacial score (nSPS) is 12.2. The van der Waals surface area contributed by atoms with Crippen molar-refractivity contribution in [1.82, 2.24) is 5.32 Å². The second kappa shape index (κ2) is 7.04. The summed E-state index contributed by atoms with van der Waals surface area (Å²) in [7, 11) is 1.81. The first-order valence-corrected chi connectivity index (χ1v) is 7.52. The third kappa shape index (κ3) is 3.93. The van der Waals surface area contributed by atoms with Gasteiger partial charge in [-0.05, 0) is 60.3 Å². The SMILES string of the molecule is CNC(C)c1ccc(OCc2ccc(I)cc2)cc1F. The van der Waals surface area contributed by atoms with Gasteiger partial charge in [0.15, 0.2) is 0 Å². The van der Waals surface area contributed by atoms with Gasteiger partial charge in [-0.2, -0.15) is 0 Å². The Balaban J connectivity index is 2.03. The van der Waals surface area contributed by atoms with E-state index >= 15 is 0 Å². The van der Waals surface area contributed by atoms with Gasteiger partial charge in [-0.25, -0.2) is 4.39 Å². The van der Waals surface area contributed by atoms with Crippen LogP contribution in [0.2, 0.25) is 0 Å². The highest BCUT2D eigenvalue weighted by Crippen LogP contribution is 2.22. The Kier molecular flexibility index (Phi) is 5.37. The Morgan fingerprint density at radius 3 is 2.50 bits per heavy atom. The molecule has 0 heterocycles. The van der Waals surface area contributed by atoms with Crippen LogP contribution in [0.4, 0.5) is 4.39 Å². The van der Waals surface area contributed by atoms with E-state index in [9.17, 15) is 4.39 Å². The van der Waals surface area contributed by atoms with E-state index in [1.54, 1.807) is 12.1 Å². The fraction of sp³-hybridized carbons (Fsp3) is 0.250. The summed E-state index contributed by atoms with van der Waals surface area (Å²) in [6.07, 6.45) is 0. The van der Waals surface area contributed by atoms with Gasteiger partial charge in [0.1, 0.15) is 18.2 Å². The van der Waals surface area contributed by atoms with E-state index in [1.807, 2.05) is 38.2 Å². The van der Waals surface area contributed by atoms with Crippen molar-refractivity contribution >= 4 is 22.6 Å². The van der Waals surface area contributed by atoms with Crippen molar-refractivity contribution in [2.75, 3.05) is 7.05 Å². The quantitative estimate of drug-likeness (QED) is 0.776. The Morgan fingerprint density at radius 2 is 1.90 bits per heavy atom. The standard InChI is InChI=1S/C16H17FINO/c1-11(19-2)15-8-7-14(9-16(15)17)20-10-12-3-5-13(18)6-4-12/h3-9,11,19H,10H2,1-2H3. The van der Waals surface area contributed by atoms with Crippen LogP contribution < -0.4 is 10.1 Å². The topological polar surface area (TPSA) is 21.3 Å². The number of ether oxygens (including phenoxy) is 1. The molecule has 2 nitrogen and oxygen atoms in total. The van der Waals surface area contributed by atoms with Gasteiger partial charge in [-0.1, -0.05) is 18.2 Å². The minimum Gasteiger partial charge on any atom is -0.489 e. The summed E-state index contributed by atoms with van der Waals surface area (Å²) in [5, 5.41) is 3.02. The summed E-state index contributed by atoms with van der Waals surface area (Å²) in [6, 6.07) is 13.1. The molecule has 106 valence electrons. The average molecular weight is 385 g/mol. The van der Waals surface area contributed by atoms with Gasteiger partial charge in [0, 0.05) is 21.2 Å². The molecule has 1 unspecified atom stereocenters. The van der Waals surface area contributed by atoms with Gasteiger partial charge < -0.3 is 10.1 Å². The Morgan fingerprint density at radius 1 is 1.20 bits per heavy atom. The van der Waals surface area contributed by atoms with Crippen LogP contribution in [0.3, 0.4) is 0 Å². The van der Waals surface area contributed by atoms with Crippen LogP contribution in [0.5, 0.6) is 5.75 Å². The molecule has 0 saturated carbocycles. The first kappa shape index (κ1) is 15.3. The number of hydrogen-bond acceptors (Lipinski definition) is 2. The molecule has 0 amide bonds. The largest absolute Gasteiger partial charge is 0.489 e. The average Bonchev–Trinajstić information content (AvgIpc) is 2.46. The summed E-state index contributed by atoms with van der Waals surface area (Å²) in [5.41, 5.74) is 1.72. The van der Waals surface area contributed by atoms with Crippen molar-refractivity contribution in [1.29, 1.82) is 0 Å². The zero-order chi connectivity index (χ0) is 14.5. The predicted molar refractivity (Wildman–Crippen MR) is 87.4 cm³/mol. The monoisotopic (exact) mass is 385 g/mol. The zero-order valence-corrected chi connectivity index (χ0v) is 13.6. The van der Waals surface area contributed by atoms with Gasteiger partial charge in [0.2, 0.25) is 0 Å². The second-order valence-electron chi connectivity index (χ2n) is 4.61. The molecule has 0 saturated heterocycles. The highest BCUT2D eigenvalue weighted by atomic mass is 127. The minimum absolute atomic E-state index is 0.0137. The molecule has 1 atom stereocenters. The van der Waals surface area contributed by atoms with Crippen molar-refractivity contribution < 1.29 is 9.13 Å². The molecule has 1 N–H and O–H groups in total. The minimum atomic E-state index is -0.244. The van der Waals surface area contributed by atoms with Crippen LogP contribution in [-0.2, 0) is 6.61 Å². The number of hydrogen-bond donors (Lipinski definition) is 1. The van der Waals surface area contributed by atoms with Gasteiger partial charge >= 0.3 is 0 Å². The van der Waals surface area contributed by atoms with Crippen LogP contribution in [0.15, 0.2) is 42.5 Å². The van der Waals surface area contributed by atoms with Crippen molar-refractivity contribution in [2.24, 2.45) is 0 Å². The molecule has 2 aromatic rings. The van der Waals surface area contributed by atoms with Crippen molar-refractivity contribution in [2.45, 2.75) is 19.6 Å². The van der Waals surface area contributed by atoms with Crippen LogP contribution in [0.1, 0.15) is 24.1 Å². The Hall–Kier alpha value is -1.14. The molecule has 0 aliphatic heterocycles. The zero-order valence-electron chi connectivity index (χ0n) is 11.5. The van der Waals surface area contributed by atoms with E-state index in [2.05, 4.69) is 27.9 Å². The van der Waals surface area contributed by atoms with Crippen LogP contribution in [0.25, 0.3) is 0 Å². The van der Waals surface area contributed by atoms with Crippen LogP contribution >= 0.6 is 22.6 Å². The van der Waals surface area contributed by atoms with E-state index in [-0.39, 0.29) is 11.9 Å². The molecule has 0 bridgehead atoms. The highest BCUT2D eigenvalue weighted by Gasteiger charge is 2.10. The number of halogens is 2. The first-order chi connectivity index (χ1) is 9.60. The smallest absolute Gasteiger partial charge is 0.131 e. The fourth-order valence-corrected chi connectivity index (χ4v) is 2.21. The first-order valence-electron chi connectivity index (χ1n) is 6.44. The third-order valence-corrected chi connectivity index (χ3v) is 3.91. The lowest BCUT2D eigenvalue weighted by Gasteiger charge is -2.13. The summed E-state index contributed by atoms with van der Waals surface area (Å²) < 4.78 is 20.7. The van der Waals surface area contributed by atoms with E-state index in [1.165, 1.54) is 9.64 Å². The van der Waals surface area contributed by atoms with Crippen LogP contribution in [0, 0.1) is 9.39 Å². The van der Waals surface area contributed by atoms with Gasteiger partial charge in [-0.15, -0.1) is 0 Å². The van der Waals surface area contributed by atoms with E-state index in [0.717, 1.165) is 5.56 Å². The summed E-state index contributed by atoms with van der Waals surface area (Å²) in [5.74, 6) is 0.306. The Bertz CT molecular complexity index is 571. The maximum atomic E-state index is 13.9. The molecule has 0 spiro atoms. The van der Waals surface area contributed by atoms with E-state index < -0.39 is 0 Å². The van der Waals surface area contributed by atoms with Crippen molar-refractivity contribution in [3.63, 3.8) is 0 Å². The molecule has 0 aromatic heterocycles. The molecule has 0 radical (unpaired) electrons. The van der Waals surface area contributed by atoms with Crippen LogP contribution in [-0.4, -0.2) is 7.05 Å². The summed E-state index contributed by atoms with van der Waals surface area (Å²) >= 11 is 2.26.